The van der Waals surface area contributed by atoms with E-state index in [0.717, 1.165) is 42.2 Å². The van der Waals surface area contributed by atoms with Crippen LogP contribution in [0.3, 0.4) is 0 Å². The van der Waals surface area contributed by atoms with Gasteiger partial charge in [-0.3, -0.25) is 4.99 Å². The van der Waals surface area contributed by atoms with Gasteiger partial charge in [-0.05, 0) is 55.3 Å². The highest BCUT2D eigenvalue weighted by Crippen LogP contribution is 2.16. The average Bonchev–Trinajstić information content (AvgIpc) is 2.49. The van der Waals surface area contributed by atoms with E-state index in [1.165, 1.54) is 0 Å². The molecule has 0 radical (unpaired) electrons. The molecule has 0 amide bonds. The summed E-state index contributed by atoms with van der Waals surface area (Å²) in [6, 6.07) is 18.1. The molecule has 2 rings (SSSR count). The van der Waals surface area contributed by atoms with Crippen LogP contribution in [-0.2, 0) is 0 Å². The van der Waals surface area contributed by atoms with Crippen molar-refractivity contribution in [1.82, 2.24) is 0 Å². The van der Waals surface area contributed by atoms with E-state index in [2.05, 4.69) is 24.0 Å². The predicted octanol–water partition coefficient (Wildman–Crippen LogP) is 5.01. The molecule has 104 valence electrons. The fourth-order valence-corrected chi connectivity index (χ4v) is 1.89. The first-order valence-corrected chi connectivity index (χ1v) is 7.13. The van der Waals surface area contributed by atoms with Crippen LogP contribution in [0.2, 0.25) is 0 Å². The van der Waals surface area contributed by atoms with E-state index in [-0.39, 0.29) is 0 Å². The second kappa shape index (κ2) is 7.49. The van der Waals surface area contributed by atoms with Crippen molar-refractivity contribution in [3.8, 4) is 5.75 Å². The van der Waals surface area contributed by atoms with Crippen molar-refractivity contribution < 1.29 is 4.74 Å². The van der Waals surface area contributed by atoms with Crippen LogP contribution in [0.5, 0.6) is 5.75 Å². The maximum atomic E-state index is 5.66. The van der Waals surface area contributed by atoms with Gasteiger partial charge in [0.2, 0.25) is 0 Å². The molecule has 2 aromatic carbocycles. The molecule has 0 bridgehead atoms. The molecular formula is C18H21NO. The number of hydrogen-bond donors (Lipinski definition) is 0. The smallest absolute Gasteiger partial charge is 0.119 e. The van der Waals surface area contributed by atoms with Crippen molar-refractivity contribution in [2.75, 3.05) is 6.61 Å². The summed E-state index contributed by atoms with van der Waals surface area (Å²) in [5, 5.41) is 0. The Morgan fingerprint density at radius 2 is 1.70 bits per heavy atom. The van der Waals surface area contributed by atoms with Gasteiger partial charge in [0.05, 0.1) is 12.3 Å². The van der Waals surface area contributed by atoms with Gasteiger partial charge in [-0.1, -0.05) is 31.5 Å². The van der Waals surface area contributed by atoms with Crippen molar-refractivity contribution in [2.24, 2.45) is 4.99 Å². The second-order valence-electron chi connectivity index (χ2n) is 4.76. The fourth-order valence-electron chi connectivity index (χ4n) is 1.89. The lowest BCUT2D eigenvalue weighted by Gasteiger charge is -2.06. The Bertz CT molecular complexity index is 543. The molecule has 0 atom stereocenters. The lowest BCUT2D eigenvalue weighted by Crippen LogP contribution is -1.98. The Morgan fingerprint density at radius 3 is 2.35 bits per heavy atom. The number of ether oxygens (including phenoxy) is 1. The lowest BCUT2D eigenvalue weighted by atomic mass is 10.1. The van der Waals surface area contributed by atoms with Gasteiger partial charge >= 0.3 is 0 Å². The van der Waals surface area contributed by atoms with Crippen molar-refractivity contribution in [3.05, 3.63) is 60.2 Å². The summed E-state index contributed by atoms with van der Waals surface area (Å²) in [6.07, 6.45) is 2.25. The SMILES string of the molecule is CCCCOc1ccc(C(C)=Nc2ccccc2)cc1. The van der Waals surface area contributed by atoms with E-state index in [4.69, 9.17) is 4.74 Å². The standard InChI is InChI=1S/C18H21NO/c1-3-4-14-20-18-12-10-16(11-13-18)15(2)19-17-8-6-5-7-9-17/h5-13H,3-4,14H2,1-2H3. The molecule has 0 heterocycles. The topological polar surface area (TPSA) is 21.6 Å². The van der Waals surface area contributed by atoms with E-state index in [1.807, 2.05) is 49.4 Å². The zero-order valence-electron chi connectivity index (χ0n) is 12.2. The van der Waals surface area contributed by atoms with E-state index in [1.54, 1.807) is 0 Å². The molecule has 0 spiro atoms. The number of nitrogens with zero attached hydrogens (tertiary/aromatic N) is 1. The minimum absolute atomic E-state index is 0.785. The molecule has 0 aliphatic heterocycles. The van der Waals surface area contributed by atoms with Gasteiger partial charge in [0.1, 0.15) is 5.75 Å². The Labute approximate surface area is 121 Å². The summed E-state index contributed by atoms with van der Waals surface area (Å²) in [4.78, 5) is 4.61. The average molecular weight is 267 g/mol. The van der Waals surface area contributed by atoms with E-state index >= 15 is 0 Å². The third-order valence-electron chi connectivity index (χ3n) is 3.09. The van der Waals surface area contributed by atoms with E-state index in [0.29, 0.717) is 0 Å². The zero-order chi connectivity index (χ0) is 14.2. The van der Waals surface area contributed by atoms with Crippen molar-refractivity contribution >= 4 is 11.4 Å². The summed E-state index contributed by atoms with van der Waals surface area (Å²) in [5.74, 6) is 0.926. The minimum Gasteiger partial charge on any atom is -0.494 e. The van der Waals surface area contributed by atoms with Crippen molar-refractivity contribution in [2.45, 2.75) is 26.7 Å². The first-order chi connectivity index (χ1) is 9.79. The Kier molecular flexibility index (Phi) is 5.36. The van der Waals surface area contributed by atoms with Gasteiger partial charge in [-0.2, -0.15) is 0 Å². The van der Waals surface area contributed by atoms with Gasteiger partial charge < -0.3 is 4.74 Å². The number of aliphatic imine (C=N–C) groups is 1. The van der Waals surface area contributed by atoms with Crippen LogP contribution in [0.25, 0.3) is 0 Å². The molecule has 0 N–H and O–H groups in total. The van der Waals surface area contributed by atoms with E-state index in [9.17, 15) is 0 Å². The molecular weight excluding hydrogens is 246 g/mol. The summed E-state index contributed by atoms with van der Waals surface area (Å²) in [6.45, 7) is 4.97. The first kappa shape index (κ1) is 14.3. The van der Waals surface area contributed by atoms with Crippen LogP contribution in [0, 0.1) is 0 Å². The highest BCUT2D eigenvalue weighted by molar-refractivity contribution is 6.00. The monoisotopic (exact) mass is 267 g/mol. The largest absolute Gasteiger partial charge is 0.494 e. The molecule has 2 heteroatoms. The summed E-state index contributed by atoms with van der Waals surface area (Å²) in [5.41, 5.74) is 3.11. The maximum absolute atomic E-state index is 5.66. The fraction of sp³-hybridized carbons (Fsp3) is 0.278. The molecule has 0 fully saturated rings. The second-order valence-corrected chi connectivity index (χ2v) is 4.76. The molecule has 2 aromatic rings. The summed E-state index contributed by atoms with van der Waals surface area (Å²) in [7, 11) is 0. The van der Waals surface area contributed by atoms with Crippen molar-refractivity contribution in [1.29, 1.82) is 0 Å². The highest BCUT2D eigenvalue weighted by Gasteiger charge is 1.99. The van der Waals surface area contributed by atoms with Gasteiger partial charge in [-0.25, -0.2) is 0 Å². The van der Waals surface area contributed by atoms with Crippen LogP contribution in [0.1, 0.15) is 32.3 Å². The molecule has 0 unspecified atom stereocenters. The molecule has 20 heavy (non-hydrogen) atoms. The molecule has 0 aliphatic carbocycles. The normalized spacial score (nSPS) is 11.4. The minimum atomic E-state index is 0.785. The quantitative estimate of drug-likeness (QED) is 0.532. The summed E-state index contributed by atoms with van der Waals surface area (Å²) >= 11 is 0. The number of benzene rings is 2. The third-order valence-corrected chi connectivity index (χ3v) is 3.09. The highest BCUT2D eigenvalue weighted by atomic mass is 16.5. The lowest BCUT2D eigenvalue weighted by molar-refractivity contribution is 0.309. The third kappa shape index (κ3) is 4.23. The van der Waals surface area contributed by atoms with Crippen molar-refractivity contribution in [3.63, 3.8) is 0 Å². The van der Waals surface area contributed by atoms with Crippen LogP contribution in [-0.4, -0.2) is 12.3 Å². The molecule has 0 aromatic heterocycles. The van der Waals surface area contributed by atoms with Gasteiger partial charge in [0.25, 0.3) is 0 Å². The summed E-state index contributed by atoms with van der Waals surface area (Å²) < 4.78 is 5.66. The Hall–Kier alpha value is -2.09. The molecule has 0 saturated heterocycles. The number of para-hydroxylation sites is 1. The maximum Gasteiger partial charge on any atom is 0.119 e. The predicted molar refractivity (Wildman–Crippen MR) is 85.2 cm³/mol. The van der Waals surface area contributed by atoms with Crippen LogP contribution < -0.4 is 4.74 Å². The number of unbranched alkanes of at least 4 members (excludes halogenated alkanes) is 1. The number of rotatable bonds is 6. The van der Waals surface area contributed by atoms with Crippen LogP contribution >= 0.6 is 0 Å². The van der Waals surface area contributed by atoms with Crippen LogP contribution in [0.15, 0.2) is 59.6 Å². The number of hydrogen-bond acceptors (Lipinski definition) is 2. The van der Waals surface area contributed by atoms with E-state index < -0.39 is 0 Å². The van der Waals surface area contributed by atoms with Gasteiger partial charge in [0, 0.05) is 5.71 Å². The Balaban J connectivity index is 2.04. The molecule has 0 aliphatic rings. The first-order valence-electron chi connectivity index (χ1n) is 7.13. The molecule has 2 nitrogen and oxygen atoms in total. The van der Waals surface area contributed by atoms with Crippen LogP contribution in [0.4, 0.5) is 5.69 Å². The van der Waals surface area contributed by atoms with Gasteiger partial charge in [0.15, 0.2) is 0 Å². The zero-order valence-corrected chi connectivity index (χ0v) is 12.2. The molecule has 0 saturated carbocycles. The Morgan fingerprint density at radius 1 is 1.00 bits per heavy atom. The van der Waals surface area contributed by atoms with Gasteiger partial charge in [-0.15, -0.1) is 0 Å².